The van der Waals surface area contributed by atoms with E-state index in [9.17, 15) is 0 Å². The SMILES string of the molecule is Clc1ccc(C2c3[nH]c4ccccc4c3CCN2Cc2ccccc2)cc1Cl. The van der Waals surface area contributed by atoms with E-state index < -0.39 is 0 Å². The Balaban J connectivity index is 1.64. The summed E-state index contributed by atoms with van der Waals surface area (Å²) in [6.45, 7) is 1.88. The van der Waals surface area contributed by atoms with E-state index in [1.165, 1.54) is 27.7 Å². The zero-order chi connectivity index (χ0) is 19.1. The van der Waals surface area contributed by atoms with Crippen LogP contribution in [0.25, 0.3) is 10.9 Å². The van der Waals surface area contributed by atoms with Gasteiger partial charge in [-0.2, -0.15) is 0 Å². The van der Waals surface area contributed by atoms with Crippen molar-refractivity contribution in [2.24, 2.45) is 0 Å². The number of halogens is 2. The van der Waals surface area contributed by atoms with Gasteiger partial charge in [-0.1, -0.05) is 77.8 Å². The molecule has 0 radical (unpaired) electrons. The third-order valence-corrected chi connectivity index (χ3v) is 6.36. The molecule has 1 unspecified atom stereocenters. The van der Waals surface area contributed by atoms with Gasteiger partial charge in [0.25, 0.3) is 0 Å². The van der Waals surface area contributed by atoms with Gasteiger partial charge in [-0.05, 0) is 41.3 Å². The number of para-hydroxylation sites is 1. The van der Waals surface area contributed by atoms with E-state index in [1.807, 2.05) is 12.1 Å². The highest BCUT2D eigenvalue weighted by Gasteiger charge is 2.31. The molecular formula is C24H20Cl2N2. The number of rotatable bonds is 3. The van der Waals surface area contributed by atoms with Gasteiger partial charge in [0.1, 0.15) is 0 Å². The molecule has 1 N–H and O–H groups in total. The number of hydrogen-bond acceptors (Lipinski definition) is 1. The van der Waals surface area contributed by atoms with Gasteiger partial charge in [0.15, 0.2) is 0 Å². The number of H-pyrrole nitrogens is 1. The maximum absolute atomic E-state index is 6.39. The van der Waals surface area contributed by atoms with Crippen LogP contribution in [0.4, 0.5) is 0 Å². The summed E-state index contributed by atoms with van der Waals surface area (Å²) in [7, 11) is 0. The van der Waals surface area contributed by atoms with Crippen LogP contribution in [-0.4, -0.2) is 16.4 Å². The zero-order valence-corrected chi connectivity index (χ0v) is 16.8. The average molecular weight is 407 g/mol. The molecule has 1 aliphatic heterocycles. The van der Waals surface area contributed by atoms with E-state index in [2.05, 4.69) is 70.5 Å². The fourth-order valence-electron chi connectivity index (χ4n) is 4.34. The lowest BCUT2D eigenvalue weighted by Gasteiger charge is -2.36. The van der Waals surface area contributed by atoms with Crippen LogP contribution in [0.2, 0.25) is 10.0 Å². The standard InChI is InChI=1S/C24H20Cl2N2/c25-20-11-10-17(14-21(20)26)24-23-19(18-8-4-5-9-22(18)27-23)12-13-28(24)15-16-6-2-1-3-7-16/h1-11,14,24,27H,12-13,15H2. The van der Waals surface area contributed by atoms with Crippen molar-refractivity contribution in [3.8, 4) is 0 Å². The lowest BCUT2D eigenvalue weighted by atomic mass is 9.92. The largest absolute Gasteiger partial charge is 0.357 e. The van der Waals surface area contributed by atoms with Crippen LogP contribution in [0.1, 0.15) is 28.4 Å². The minimum Gasteiger partial charge on any atom is -0.357 e. The number of nitrogens with zero attached hydrogens (tertiary/aromatic N) is 1. The normalized spacial score (nSPS) is 17.0. The third kappa shape index (κ3) is 3.12. The van der Waals surface area contributed by atoms with Crippen molar-refractivity contribution in [3.63, 3.8) is 0 Å². The summed E-state index contributed by atoms with van der Waals surface area (Å²) in [4.78, 5) is 6.22. The van der Waals surface area contributed by atoms with Crippen molar-refractivity contribution in [3.05, 3.63) is 105 Å². The molecule has 1 aliphatic rings. The monoisotopic (exact) mass is 406 g/mol. The van der Waals surface area contributed by atoms with Gasteiger partial charge < -0.3 is 4.98 Å². The molecular weight excluding hydrogens is 387 g/mol. The van der Waals surface area contributed by atoms with Crippen LogP contribution >= 0.6 is 23.2 Å². The molecule has 0 spiro atoms. The van der Waals surface area contributed by atoms with Crippen LogP contribution < -0.4 is 0 Å². The molecule has 0 fully saturated rings. The number of aromatic nitrogens is 1. The fourth-order valence-corrected chi connectivity index (χ4v) is 4.65. The predicted molar refractivity (Wildman–Crippen MR) is 117 cm³/mol. The second-order valence-corrected chi connectivity index (χ2v) is 8.16. The van der Waals surface area contributed by atoms with Gasteiger partial charge in [-0.25, -0.2) is 0 Å². The molecule has 0 bridgehead atoms. The van der Waals surface area contributed by atoms with Crippen molar-refractivity contribution in [1.29, 1.82) is 0 Å². The first-order chi connectivity index (χ1) is 13.7. The van der Waals surface area contributed by atoms with Crippen molar-refractivity contribution >= 4 is 34.1 Å². The van der Waals surface area contributed by atoms with Crippen molar-refractivity contribution in [2.45, 2.75) is 19.0 Å². The maximum Gasteiger partial charge on any atom is 0.0760 e. The van der Waals surface area contributed by atoms with Gasteiger partial charge in [0.05, 0.1) is 16.1 Å². The number of nitrogens with one attached hydrogen (secondary N) is 1. The number of aromatic amines is 1. The van der Waals surface area contributed by atoms with E-state index in [-0.39, 0.29) is 6.04 Å². The molecule has 5 rings (SSSR count). The second-order valence-electron chi connectivity index (χ2n) is 7.34. The van der Waals surface area contributed by atoms with Gasteiger partial charge >= 0.3 is 0 Å². The minimum absolute atomic E-state index is 0.117. The lowest BCUT2D eigenvalue weighted by molar-refractivity contribution is 0.202. The Morgan fingerprint density at radius 1 is 0.893 bits per heavy atom. The van der Waals surface area contributed by atoms with Crippen molar-refractivity contribution < 1.29 is 0 Å². The Bertz CT molecular complexity index is 1130. The maximum atomic E-state index is 6.39. The quantitative estimate of drug-likeness (QED) is 0.404. The molecule has 3 aromatic carbocycles. The Morgan fingerprint density at radius 3 is 2.50 bits per heavy atom. The molecule has 0 saturated carbocycles. The summed E-state index contributed by atoms with van der Waals surface area (Å²) in [5, 5.41) is 2.51. The van der Waals surface area contributed by atoms with Crippen LogP contribution in [0.15, 0.2) is 72.8 Å². The van der Waals surface area contributed by atoms with Gasteiger partial charge in [-0.3, -0.25) is 4.90 Å². The second kappa shape index (κ2) is 7.29. The highest BCUT2D eigenvalue weighted by Crippen LogP contribution is 2.40. The number of benzene rings is 3. The summed E-state index contributed by atoms with van der Waals surface area (Å²) in [5.74, 6) is 0. The smallest absolute Gasteiger partial charge is 0.0760 e. The Morgan fingerprint density at radius 2 is 1.68 bits per heavy atom. The van der Waals surface area contributed by atoms with Crippen LogP contribution in [0.5, 0.6) is 0 Å². The van der Waals surface area contributed by atoms with Gasteiger partial charge in [0, 0.05) is 29.7 Å². The molecule has 0 aliphatic carbocycles. The molecule has 0 saturated heterocycles. The van der Waals surface area contributed by atoms with E-state index in [1.54, 1.807) is 0 Å². The predicted octanol–water partition coefficient (Wildman–Crippen LogP) is 6.62. The highest BCUT2D eigenvalue weighted by atomic mass is 35.5. The molecule has 140 valence electrons. The molecule has 1 atom stereocenters. The first-order valence-electron chi connectivity index (χ1n) is 9.53. The van der Waals surface area contributed by atoms with Crippen LogP contribution in [0, 0.1) is 0 Å². The third-order valence-electron chi connectivity index (χ3n) is 5.62. The van der Waals surface area contributed by atoms with Crippen LogP contribution in [-0.2, 0) is 13.0 Å². The molecule has 28 heavy (non-hydrogen) atoms. The molecule has 2 nitrogen and oxygen atoms in total. The Hall–Kier alpha value is -2.26. The summed E-state index contributed by atoms with van der Waals surface area (Å²) >= 11 is 12.6. The zero-order valence-electron chi connectivity index (χ0n) is 15.3. The Kier molecular flexibility index (Phi) is 4.64. The van der Waals surface area contributed by atoms with Crippen LogP contribution in [0.3, 0.4) is 0 Å². The highest BCUT2D eigenvalue weighted by molar-refractivity contribution is 6.42. The summed E-state index contributed by atoms with van der Waals surface area (Å²) in [5.41, 5.74) is 6.35. The van der Waals surface area contributed by atoms with Crippen molar-refractivity contribution in [1.82, 2.24) is 9.88 Å². The first kappa shape index (κ1) is 17.8. The first-order valence-corrected chi connectivity index (χ1v) is 10.3. The van der Waals surface area contributed by atoms with Gasteiger partial charge in [-0.15, -0.1) is 0 Å². The molecule has 2 heterocycles. The minimum atomic E-state index is 0.117. The van der Waals surface area contributed by atoms with E-state index >= 15 is 0 Å². The molecule has 4 aromatic rings. The van der Waals surface area contributed by atoms with E-state index in [0.717, 1.165) is 25.1 Å². The molecule has 4 heteroatoms. The lowest BCUT2D eigenvalue weighted by Crippen LogP contribution is -2.35. The van der Waals surface area contributed by atoms with Gasteiger partial charge in [0.2, 0.25) is 0 Å². The number of fused-ring (bicyclic) bond motifs is 3. The van der Waals surface area contributed by atoms with E-state index in [4.69, 9.17) is 23.2 Å². The summed E-state index contributed by atoms with van der Waals surface area (Å²) in [6.07, 6.45) is 1.03. The van der Waals surface area contributed by atoms with Crippen molar-refractivity contribution in [2.75, 3.05) is 6.54 Å². The number of hydrogen-bond donors (Lipinski definition) is 1. The summed E-state index contributed by atoms with van der Waals surface area (Å²) in [6, 6.07) is 25.3. The molecule has 1 aromatic heterocycles. The van der Waals surface area contributed by atoms with E-state index in [0.29, 0.717) is 10.0 Å². The topological polar surface area (TPSA) is 19.0 Å². The molecule has 0 amide bonds. The average Bonchev–Trinajstić information content (AvgIpc) is 3.09. The Labute approximate surface area is 174 Å². The fraction of sp³-hybridized carbons (Fsp3) is 0.167. The summed E-state index contributed by atoms with van der Waals surface area (Å²) < 4.78 is 0.